The van der Waals surface area contributed by atoms with Gasteiger partial charge in [-0.15, -0.1) is 5.10 Å². The van der Waals surface area contributed by atoms with E-state index < -0.39 is 0 Å². The second-order valence-electron chi connectivity index (χ2n) is 8.72. The van der Waals surface area contributed by atoms with Gasteiger partial charge in [0.2, 0.25) is 5.91 Å². The van der Waals surface area contributed by atoms with Crippen LogP contribution in [0.4, 0.5) is 0 Å². The standard InChI is InChI=1S/C22H31N7O2/c30-22(17-29-21(23-24-25-29)16-26-11-13-31-14-12-26)28-9-7-27(8-10-28)20-6-5-18-3-1-2-4-19(18)15-20/h1-4,20H,5-17H2/t20-/m0/s1. The first kappa shape index (κ1) is 20.5. The Bertz CT molecular complexity index is 887. The fourth-order valence-corrected chi connectivity index (χ4v) is 4.97. The summed E-state index contributed by atoms with van der Waals surface area (Å²) in [5, 5.41) is 12.0. The second kappa shape index (κ2) is 9.42. The van der Waals surface area contributed by atoms with Gasteiger partial charge in [-0.25, -0.2) is 4.68 Å². The number of carbonyl (C=O) groups is 1. The number of fused-ring (bicyclic) bond motifs is 1. The third-order valence-electron chi connectivity index (χ3n) is 6.86. The molecule has 9 heteroatoms. The predicted octanol–water partition coefficient (Wildman–Crippen LogP) is 0.207. The highest BCUT2D eigenvalue weighted by Crippen LogP contribution is 2.25. The lowest BCUT2D eigenvalue weighted by atomic mass is 9.87. The molecule has 9 nitrogen and oxygen atoms in total. The number of tetrazole rings is 1. The van der Waals surface area contributed by atoms with E-state index in [1.807, 2.05) is 4.90 Å². The zero-order chi connectivity index (χ0) is 21.0. The molecular formula is C22H31N7O2. The average Bonchev–Trinajstić information content (AvgIpc) is 3.26. The summed E-state index contributed by atoms with van der Waals surface area (Å²) in [7, 11) is 0. The summed E-state index contributed by atoms with van der Waals surface area (Å²) < 4.78 is 7.05. The molecule has 3 heterocycles. The van der Waals surface area contributed by atoms with Crippen molar-refractivity contribution in [2.75, 3.05) is 52.5 Å². The SMILES string of the molecule is O=C(Cn1nnnc1CN1CCOCC1)N1CCN([C@H]2CCc3ccccc3C2)CC1. The predicted molar refractivity (Wildman–Crippen MR) is 114 cm³/mol. The molecule has 166 valence electrons. The van der Waals surface area contributed by atoms with E-state index in [1.54, 1.807) is 4.68 Å². The van der Waals surface area contributed by atoms with E-state index in [1.165, 1.54) is 17.5 Å². The van der Waals surface area contributed by atoms with E-state index in [0.717, 1.165) is 71.1 Å². The number of ether oxygens (including phenoxy) is 1. The van der Waals surface area contributed by atoms with E-state index >= 15 is 0 Å². The molecule has 0 bridgehead atoms. The van der Waals surface area contributed by atoms with Crippen molar-refractivity contribution in [1.82, 2.24) is 34.9 Å². The number of carbonyl (C=O) groups excluding carboxylic acids is 1. The number of hydrogen-bond acceptors (Lipinski definition) is 7. The van der Waals surface area contributed by atoms with Crippen LogP contribution in [0.1, 0.15) is 23.4 Å². The molecule has 1 amide bonds. The number of aromatic nitrogens is 4. The molecule has 2 aliphatic heterocycles. The maximum Gasteiger partial charge on any atom is 0.244 e. The number of benzene rings is 1. The van der Waals surface area contributed by atoms with E-state index in [9.17, 15) is 4.79 Å². The van der Waals surface area contributed by atoms with Crippen molar-refractivity contribution in [1.29, 1.82) is 0 Å². The molecular weight excluding hydrogens is 394 g/mol. The summed E-state index contributed by atoms with van der Waals surface area (Å²) in [5.74, 6) is 0.846. The largest absolute Gasteiger partial charge is 0.379 e. The number of hydrogen-bond donors (Lipinski definition) is 0. The zero-order valence-corrected chi connectivity index (χ0v) is 18.0. The van der Waals surface area contributed by atoms with Gasteiger partial charge < -0.3 is 9.64 Å². The molecule has 1 atom stereocenters. The van der Waals surface area contributed by atoms with Gasteiger partial charge in [-0.1, -0.05) is 24.3 Å². The van der Waals surface area contributed by atoms with Crippen molar-refractivity contribution in [2.45, 2.75) is 38.4 Å². The smallest absolute Gasteiger partial charge is 0.244 e. The summed E-state index contributed by atoms with van der Waals surface area (Å²) in [6, 6.07) is 9.40. The maximum absolute atomic E-state index is 12.9. The summed E-state index contributed by atoms with van der Waals surface area (Å²) in [6.07, 6.45) is 3.49. The Hall–Kier alpha value is -2.36. The van der Waals surface area contributed by atoms with E-state index in [-0.39, 0.29) is 12.5 Å². The lowest BCUT2D eigenvalue weighted by molar-refractivity contribution is -0.134. The zero-order valence-electron chi connectivity index (χ0n) is 18.0. The van der Waals surface area contributed by atoms with Gasteiger partial charge in [0.25, 0.3) is 0 Å². The molecule has 5 rings (SSSR count). The van der Waals surface area contributed by atoms with Crippen LogP contribution in [0.25, 0.3) is 0 Å². The third-order valence-corrected chi connectivity index (χ3v) is 6.86. The minimum Gasteiger partial charge on any atom is -0.379 e. The molecule has 0 spiro atoms. The molecule has 2 aromatic rings. The first-order valence-corrected chi connectivity index (χ1v) is 11.4. The van der Waals surface area contributed by atoms with Crippen molar-refractivity contribution < 1.29 is 9.53 Å². The molecule has 0 radical (unpaired) electrons. The minimum absolute atomic E-state index is 0.101. The molecule has 2 saturated heterocycles. The lowest BCUT2D eigenvalue weighted by Crippen LogP contribution is -2.53. The average molecular weight is 426 g/mol. The Labute approximate surface area is 182 Å². The highest BCUT2D eigenvalue weighted by Gasteiger charge is 2.29. The van der Waals surface area contributed by atoms with Gasteiger partial charge in [0.05, 0.1) is 19.8 Å². The molecule has 3 aliphatic rings. The van der Waals surface area contributed by atoms with Crippen LogP contribution in [-0.2, 0) is 35.5 Å². The monoisotopic (exact) mass is 425 g/mol. The van der Waals surface area contributed by atoms with Gasteiger partial charge in [-0.2, -0.15) is 0 Å². The Balaban J connectivity index is 1.12. The van der Waals surface area contributed by atoms with Crippen molar-refractivity contribution in [3.05, 3.63) is 41.2 Å². The third kappa shape index (κ3) is 4.78. The minimum atomic E-state index is 0.101. The normalized spacial score (nSPS) is 23.0. The van der Waals surface area contributed by atoms with Gasteiger partial charge in [0, 0.05) is 45.3 Å². The van der Waals surface area contributed by atoms with Crippen LogP contribution in [0.3, 0.4) is 0 Å². The van der Waals surface area contributed by atoms with Crippen LogP contribution in [0.5, 0.6) is 0 Å². The first-order valence-electron chi connectivity index (χ1n) is 11.4. The molecule has 31 heavy (non-hydrogen) atoms. The van der Waals surface area contributed by atoms with E-state index in [0.29, 0.717) is 12.6 Å². The fraction of sp³-hybridized carbons (Fsp3) is 0.636. The first-order chi connectivity index (χ1) is 15.3. The molecule has 1 aromatic carbocycles. The van der Waals surface area contributed by atoms with Crippen LogP contribution in [0.15, 0.2) is 24.3 Å². The van der Waals surface area contributed by atoms with Crippen molar-refractivity contribution in [2.24, 2.45) is 0 Å². The lowest BCUT2D eigenvalue weighted by Gasteiger charge is -2.41. The van der Waals surface area contributed by atoms with Gasteiger partial charge in [-0.05, 0) is 40.8 Å². The van der Waals surface area contributed by atoms with E-state index in [2.05, 4.69) is 49.6 Å². The van der Waals surface area contributed by atoms with Gasteiger partial charge in [-0.3, -0.25) is 14.6 Å². The highest BCUT2D eigenvalue weighted by atomic mass is 16.5. The highest BCUT2D eigenvalue weighted by molar-refractivity contribution is 5.76. The summed E-state index contributed by atoms with van der Waals surface area (Å²) in [5.41, 5.74) is 2.99. The summed E-state index contributed by atoms with van der Waals surface area (Å²) in [6.45, 7) is 7.50. The number of morpholine rings is 1. The van der Waals surface area contributed by atoms with Crippen LogP contribution in [0.2, 0.25) is 0 Å². The molecule has 1 aromatic heterocycles. The van der Waals surface area contributed by atoms with Crippen LogP contribution >= 0.6 is 0 Å². The van der Waals surface area contributed by atoms with Crippen LogP contribution in [0, 0.1) is 0 Å². The van der Waals surface area contributed by atoms with Crippen LogP contribution < -0.4 is 0 Å². The Kier molecular flexibility index (Phi) is 6.24. The van der Waals surface area contributed by atoms with Crippen molar-refractivity contribution >= 4 is 5.91 Å². The van der Waals surface area contributed by atoms with Gasteiger partial charge >= 0.3 is 0 Å². The number of rotatable bonds is 5. The summed E-state index contributed by atoms with van der Waals surface area (Å²) in [4.78, 5) is 19.7. The molecule has 2 fully saturated rings. The quantitative estimate of drug-likeness (QED) is 0.677. The second-order valence-corrected chi connectivity index (χ2v) is 8.72. The van der Waals surface area contributed by atoms with Gasteiger partial charge in [0.1, 0.15) is 6.54 Å². The van der Waals surface area contributed by atoms with Gasteiger partial charge in [0.15, 0.2) is 5.82 Å². The van der Waals surface area contributed by atoms with E-state index in [4.69, 9.17) is 4.74 Å². The Morgan fingerprint density at radius 1 is 1.03 bits per heavy atom. The van der Waals surface area contributed by atoms with Crippen LogP contribution in [-0.4, -0.2) is 99.3 Å². The number of aryl methyl sites for hydroxylation is 1. The molecule has 0 N–H and O–H groups in total. The van der Waals surface area contributed by atoms with Crippen molar-refractivity contribution in [3.8, 4) is 0 Å². The fourth-order valence-electron chi connectivity index (χ4n) is 4.97. The topological polar surface area (TPSA) is 79.6 Å². The molecule has 0 unspecified atom stereocenters. The van der Waals surface area contributed by atoms with Crippen molar-refractivity contribution in [3.63, 3.8) is 0 Å². The maximum atomic E-state index is 12.9. The summed E-state index contributed by atoms with van der Waals surface area (Å²) >= 11 is 0. The number of nitrogens with zero attached hydrogens (tertiary/aromatic N) is 7. The molecule has 0 saturated carbocycles. The number of amides is 1. The Morgan fingerprint density at radius 2 is 1.81 bits per heavy atom. The molecule has 1 aliphatic carbocycles. The number of piperazine rings is 1. The Morgan fingerprint density at radius 3 is 2.61 bits per heavy atom.